The van der Waals surface area contributed by atoms with E-state index >= 15 is 0 Å². The second-order valence-electron chi connectivity index (χ2n) is 3.22. The SMILES string of the molecule is Cn1nccc1CCNCCS(C)=O. The van der Waals surface area contributed by atoms with Crippen molar-refractivity contribution in [2.24, 2.45) is 7.05 Å². The van der Waals surface area contributed by atoms with Gasteiger partial charge in [0.25, 0.3) is 0 Å². The third-order valence-corrected chi connectivity index (χ3v) is 2.83. The second-order valence-corrected chi connectivity index (χ2v) is 4.78. The summed E-state index contributed by atoms with van der Waals surface area (Å²) in [6, 6.07) is 2.01. The predicted molar refractivity (Wildman–Crippen MR) is 58.7 cm³/mol. The Morgan fingerprint density at radius 3 is 2.93 bits per heavy atom. The van der Waals surface area contributed by atoms with Gasteiger partial charge in [-0.15, -0.1) is 0 Å². The van der Waals surface area contributed by atoms with Crippen molar-refractivity contribution in [3.63, 3.8) is 0 Å². The summed E-state index contributed by atoms with van der Waals surface area (Å²) in [4.78, 5) is 0. The van der Waals surface area contributed by atoms with Gasteiger partial charge in [0.2, 0.25) is 0 Å². The van der Waals surface area contributed by atoms with Crippen LogP contribution in [0.5, 0.6) is 0 Å². The Bertz CT molecular complexity index is 298. The summed E-state index contributed by atoms with van der Waals surface area (Å²) < 4.78 is 12.6. The Hall–Kier alpha value is -0.680. The zero-order chi connectivity index (χ0) is 10.4. The van der Waals surface area contributed by atoms with E-state index in [4.69, 9.17) is 0 Å². The molecule has 0 bridgehead atoms. The van der Waals surface area contributed by atoms with Crippen LogP contribution in [0.1, 0.15) is 5.69 Å². The summed E-state index contributed by atoms with van der Waals surface area (Å²) in [5.74, 6) is 0.728. The average molecular weight is 215 g/mol. The quantitative estimate of drug-likeness (QED) is 0.676. The lowest BCUT2D eigenvalue weighted by Crippen LogP contribution is -2.23. The third kappa shape index (κ3) is 4.02. The Balaban J connectivity index is 2.10. The number of hydrogen-bond donors (Lipinski definition) is 1. The molecule has 0 fully saturated rings. The van der Waals surface area contributed by atoms with Gasteiger partial charge in [0.15, 0.2) is 0 Å². The van der Waals surface area contributed by atoms with Crippen LogP contribution in [0.4, 0.5) is 0 Å². The van der Waals surface area contributed by atoms with E-state index in [0.717, 1.165) is 25.3 Å². The van der Waals surface area contributed by atoms with Crippen LogP contribution in [-0.4, -0.2) is 39.1 Å². The number of rotatable bonds is 6. The molecular weight excluding hydrogens is 198 g/mol. The fourth-order valence-corrected chi connectivity index (χ4v) is 1.64. The van der Waals surface area contributed by atoms with Gasteiger partial charge in [0.05, 0.1) is 0 Å². The summed E-state index contributed by atoms with van der Waals surface area (Å²) in [5.41, 5.74) is 1.22. The Morgan fingerprint density at radius 1 is 1.57 bits per heavy atom. The van der Waals surface area contributed by atoms with Crippen molar-refractivity contribution in [2.75, 3.05) is 25.1 Å². The van der Waals surface area contributed by atoms with Gasteiger partial charge in [-0.25, -0.2) is 0 Å². The van der Waals surface area contributed by atoms with Gasteiger partial charge in [-0.1, -0.05) is 0 Å². The molecule has 0 saturated carbocycles. The first-order valence-electron chi connectivity index (χ1n) is 4.68. The highest BCUT2D eigenvalue weighted by Gasteiger charge is 1.97. The lowest BCUT2D eigenvalue weighted by Gasteiger charge is -2.03. The normalized spacial score (nSPS) is 13.0. The van der Waals surface area contributed by atoms with Gasteiger partial charge in [0, 0.05) is 61.3 Å². The summed E-state index contributed by atoms with van der Waals surface area (Å²) in [6.45, 7) is 1.73. The van der Waals surface area contributed by atoms with Crippen LogP contribution >= 0.6 is 0 Å². The second kappa shape index (κ2) is 5.93. The van der Waals surface area contributed by atoms with E-state index in [-0.39, 0.29) is 0 Å². The molecule has 1 aromatic rings. The van der Waals surface area contributed by atoms with E-state index in [9.17, 15) is 4.21 Å². The van der Waals surface area contributed by atoms with Gasteiger partial charge < -0.3 is 5.32 Å². The maximum atomic E-state index is 10.7. The number of aromatic nitrogens is 2. The molecule has 0 aliphatic heterocycles. The molecule has 1 heterocycles. The topological polar surface area (TPSA) is 46.9 Å². The van der Waals surface area contributed by atoms with Crippen molar-refractivity contribution in [1.82, 2.24) is 15.1 Å². The van der Waals surface area contributed by atoms with Gasteiger partial charge in [0.1, 0.15) is 0 Å². The van der Waals surface area contributed by atoms with Gasteiger partial charge in [-0.3, -0.25) is 8.89 Å². The van der Waals surface area contributed by atoms with Crippen LogP contribution in [0.2, 0.25) is 0 Å². The molecule has 4 nitrogen and oxygen atoms in total. The predicted octanol–water partition coefficient (Wildman–Crippen LogP) is -0.0693. The Morgan fingerprint density at radius 2 is 2.36 bits per heavy atom. The van der Waals surface area contributed by atoms with Crippen LogP contribution in [0, 0.1) is 0 Å². The maximum absolute atomic E-state index is 10.7. The molecule has 80 valence electrons. The molecule has 1 unspecified atom stereocenters. The number of nitrogens with one attached hydrogen (secondary N) is 1. The van der Waals surface area contributed by atoms with Crippen LogP contribution in [-0.2, 0) is 24.3 Å². The smallest absolute Gasteiger partial charge is 0.0492 e. The molecule has 0 aromatic carbocycles. The molecule has 0 aliphatic carbocycles. The third-order valence-electron chi connectivity index (χ3n) is 2.05. The van der Waals surface area contributed by atoms with Crippen molar-refractivity contribution in [1.29, 1.82) is 0 Å². The zero-order valence-corrected chi connectivity index (χ0v) is 9.51. The molecule has 0 spiro atoms. The minimum Gasteiger partial charge on any atom is -0.315 e. The van der Waals surface area contributed by atoms with E-state index in [0.29, 0.717) is 0 Å². The van der Waals surface area contributed by atoms with Gasteiger partial charge in [-0.2, -0.15) is 5.10 Å². The molecule has 14 heavy (non-hydrogen) atoms. The lowest BCUT2D eigenvalue weighted by atomic mass is 10.3. The standard InChI is InChI=1S/C9H17N3OS/c1-12-9(4-6-11-12)3-5-10-7-8-14(2)13/h4,6,10H,3,5,7-8H2,1-2H3. The highest BCUT2D eigenvalue weighted by Crippen LogP contribution is 1.95. The molecule has 1 rings (SSSR count). The van der Waals surface area contributed by atoms with Crippen LogP contribution in [0.3, 0.4) is 0 Å². The molecule has 1 N–H and O–H groups in total. The van der Waals surface area contributed by atoms with Crippen molar-refractivity contribution in [2.45, 2.75) is 6.42 Å². The zero-order valence-electron chi connectivity index (χ0n) is 8.69. The lowest BCUT2D eigenvalue weighted by molar-refractivity contribution is 0.653. The van der Waals surface area contributed by atoms with Crippen LogP contribution in [0.25, 0.3) is 0 Å². The van der Waals surface area contributed by atoms with E-state index in [1.165, 1.54) is 5.69 Å². The highest BCUT2D eigenvalue weighted by molar-refractivity contribution is 7.84. The Kier molecular flexibility index (Phi) is 4.82. The molecule has 5 heteroatoms. The summed E-state index contributed by atoms with van der Waals surface area (Å²) in [6.07, 6.45) is 4.49. The maximum Gasteiger partial charge on any atom is 0.0492 e. The van der Waals surface area contributed by atoms with E-state index in [2.05, 4.69) is 10.4 Å². The van der Waals surface area contributed by atoms with Crippen LogP contribution < -0.4 is 5.32 Å². The molecular formula is C9H17N3OS. The Labute approximate surface area is 87.2 Å². The first-order chi connectivity index (χ1) is 6.70. The molecule has 0 saturated heterocycles. The van der Waals surface area contributed by atoms with Crippen LogP contribution in [0.15, 0.2) is 12.3 Å². The van der Waals surface area contributed by atoms with Crippen molar-refractivity contribution >= 4 is 10.8 Å². The first kappa shape index (κ1) is 11.4. The fourth-order valence-electron chi connectivity index (χ4n) is 1.20. The van der Waals surface area contributed by atoms with E-state index in [1.807, 2.05) is 17.8 Å². The fraction of sp³-hybridized carbons (Fsp3) is 0.667. The molecule has 1 atom stereocenters. The first-order valence-corrected chi connectivity index (χ1v) is 6.40. The van der Waals surface area contributed by atoms with E-state index < -0.39 is 10.8 Å². The summed E-state index contributed by atoms with van der Waals surface area (Å²) in [5, 5.41) is 7.33. The molecule has 0 aliphatic rings. The summed E-state index contributed by atoms with van der Waals surface area (Å²) >= 11 is 0. The largest absolute Gasteiger partial charge is 0.315 e. The average Bonchev–Trinajstić information content (AvgIpc) is 2.51. The van der Waals surface area contributed by atoms with Crippen molar-refractivity contribution in [3.05, 3.63) is 18.0 Å². The number of nitrogens with zero attached hydrogens (tertiary/aromatic N) is 2. The molecule has 0 amide bonds. The number of aryl methyl sites for hydroxylation is 1. The monoisotopic (exact) mass is 215 g/mol. The van der Waals surface area contributed by atoms with Gasteiger partial charge in [-0.05, 0) is 6.07 Å². The van der Waals surface area contributed by atoms with E-state index in [1.54, 1.807) is 12.5 Å². The molecule has 0 radical (unpaired) electrons. The highest BCUT2D eigenvalue weighted by atomic mass is 32.2. The summed E-state index contributed by atoms with van der Waals surface area (Å²) in [7, 11) is 1.25. The van der Waals surface area contributed by atoms with Gasteiger partial charge >= 0.3 is 0 Å². The van der Waals surface area contributed by atoms with Crippen molar-refractivity contribution < 1.29 is 4.21 Å². The minimum absolute atomic E-state index is 0.690. The number of hydrogen-bond acceptors (Lipinski definition) is 3. The van der Waals surface area contributed by atoms with Crippen molar-refractivity contribution in [3.8, 4) is 0 Å². The minimum atomic E-state index is -0.690. The molecule has 1 aromatic heterocycles.